The number of aliphatic hydroxyl groups is 2. The van der Waals surface area contributed by atoms with Crippen molar-refractivity contribution in [1.29, 1.82) is 0 Å². The van der Waals surface area contributed by atoms with Gasteiger partial charge in [0.05, 0.1) is 7.11 Å². The topological polar surface area (TPSA) is 68.2 Å². The Kier molecular flexibility index (Phi) is 6.47. The molecule has 0 atom stereocenters. The molecule has 3 aromatic carbocycles. The van der Waals surface area contributed by atoms with Crippen LogP contribution < -0.4 is 14.2 Å². The summed E-state index contributed by atoms with van der Waals surface area (Å²) in [4.78, 5) is 0. The molecule has 0 saturated carbocycles. The van der Waals surface area contributed by atoms with Crippen LogP contribution in [0.15, 0.2) is 60.7 Å². The van der Waals surface area contributed by atoms with Gasteiger partial charge in [-0.25, -0.2) is 4.39 Å². The highest BCUT2D eigenvalue weighted by atomic mass is 19.1. The summed E-state index contributed by atoms with van der Waals surface area (Å²) < 4.78 is 29.6. The van der Waals surface area contributed by atoms with Crippen molar-refractivity contribution in [2.45, 2.75) is 6.42 Å². The molecule has 0 amide bonds. The summed E-state index contributed by atoms with van der Waals surface area (Å²) in [5, 5.41) is 18.7. The Bertz CT molecular complexity index is 910. The van der Waals surface area contributed by atoms with Crippen LogP contribution in [0, 0.1) is 5.82 Å². The molecule has 0 aliphatic heterocycles. The van der Waals surface area contributed by atoms with Crippen LogP contribution in [0.3, 0.4) is 0 Å². The van der Waals surface area contributed by atoms with Gasteiger partial charge in [0.25, 0.3) is 0 Å². The molecule has 0 heterocycles. The van der Waals surface area contributed by atoms with Crippen LogP contribution in [0.1, 0.15) is 11.1 Å². The van der Waals surface area contributed by atoms with E-state index in [1.807, 2.05) is 36.4 Å². The second-order valence-electron chi connectivity index (χ2n) is 5.99. The van der Waals surface area contributed by atoms with E-state index < -0.39 is 13.6 Å². The van der Waals surface area contributed by atoms with Crippen molar-refractivity contribution < 1.29 is 28.8 Å². The Balaban J connectivity index is 2.20. The first-order valence-electron chi connectivity index (χ1n) is 8.69. The Morgan fingerprint density at radius 3 is 2.07 bits per heavy atom. The molecule has 3 rings (SSSR count). The van der Waals surface area contributed by atoms with Crippen LogP contribution in [0.25, 0.3) is 11.1 Å². The van der Waals surface area contributed by atoms with E-state index in [-0.39, 0.29) is 17.3 Å². The predicted octanol–water partition coefficient (Wildman–Crippen LogP) is 3.75. The van der Waals surface area contributed by atoms with Crippen molar-refractivity contribution in [3.8, 4) is 28.4 Å². The Morgan fingerprint density at radius 1 is 0.821 bits per heavy atom. The number of benzene rings is 3. The monoisotopic (exact) mass is 384 g/mol. The molecule has 28 heavy (non-hydrogen) atoms. The maximum Gasteiger partial charge on any atom is 0.207 e. The number of methoxy groups -OCH3 is 1. The largest absolute Gasteiger partial charge is 0.492 e. The van der Waals surface area contributed by atoms with Crippen LogP contribution in [0.2, 0.25) is 0 Å². The minimum absolute atomic E-state index is 0.192. The van der Waals surface area contributed by atoms with Gasteiger partial charge in [-0.2, -0.15) is 0 Å². The maximum absolute atomic E-state index is 13.3. The van der Waals surface area contributed by atoms with Gasteiger partial charge in [0, 0.05) is 17.5 Å². The Hall–Kier alpha value is -3.09. The summed E-state index contributed by atoms with van der Waals surface area (Å²) in [5.74, 6) is 0.515. The molecule has 0 fully saturated rings. The highest BCUT2D eigenvalue weighted by Crippen LogP contribution is 2.47. The molecule has 0 aliphatic rings. The fourth-order valence-corrected chi connectivity index (χ4v) is 3.08. The number of hydrogen-bond donors (Lipinski definition) is 2. The highest BCUT2D eigenvalue weighted by molar-refractivity contribution is 5.78. The molecule has 0 radical (unpaired) electrons. The number of hydrogen-bond acceptors (Lipinski definition) is 5. The number of rotatable bonds is 8. The molecule has 0 saturated heterocycles. The molecule has 0 spiro atoms. The molecule has 2 N–H and O–H groups in total. The maximum atomic E-state index is 13.3. The molecule has 0 unspecified atom stereocenters. The smallest absolute Gasteiger partial charge is 0.207 e. The van der Waals surface area contributed by atoms with Gasteiger partial charge in [0.15, 0.2) is 25.1 Å². The molecule has 3 aromatic rings. The van der Waals surface area contributed by atoms with Crippen molar-refractivity contribution in [1.82, 2.24) is 0 Å². The van der Waals surface area contributed by atoms with Crippen molar-refractivity contribution in [2.24, 2.45) is 0 Å². The van der Waals surface area contributed by atoms with Gasteiger partial charge in [-0.15, -0.1) is 0 Å². The lowest BCUT2D eigenvalue weighted by Gasteiger charge is -2.21. The van der Waals surface area contributed by atoms with Gasteiger partial charge in [0.1, 0.15) is 5.82 Å². The van der Waals surface area contributed by atoms with E-state index in [2.05, 4.69) is 0 Å². The average Bonchev–Trinajstić information content (AvgIpc) is 2.72. The number of halogens is 1. The Labute approximate surface area is 162 Å². The van der Waals surface area contributed by atoms with Crippen LogP contribution >= 0.6 is 0 Å². The summed E-state index contributed by atoms with van der Waals surface area (Å²) in [6.07, 6.45) is 0.404. The van der Waals surface area contributed by atoms with Gasteiger partial charge in [0.2, 0.25) is 5.75 Å². The first-order valence-corrected chi connectivity index (χ1v) is 8.69. The Morgan fingerprint density at radius 2 is 1.46 bits per heavy atom. The van der Waals surface area contributed by atoms with Crippen molar-refractivity contribution in [2.75, 3.05) is 20.7 Å². The zero-order valence-electron chi connectivity index (χ0n) is 15.4. The molecular weight excluding hydrogens is 363 g/mol. The molecule has 5 nitrogen and oxygen atoms in total. The first-order chi connectivity index (χ1) is 13.7. The fourth-order valence-electron chi connectivity index (χ4n) is 3.08. The molecule has 0 bridgehead atoms. The zero-order chi connectivity index (χ0) is 19.9. The van der Waals surface area contributed by atoms with E-state index in [0.29, 0.717) is 17.7 Å². The summed E-state index contributed by atoms with van der Waals surface area (Å²) >= 11 is 0. The third kappa shape index (κ3) is 4.24. The molecule has 6 heteroatoms. The van der Waals surface area contributed by atoms with Gasteiger partial charge in [-0.1, -0.05) is 42.5 Å². The minimum atomic E-state index is -0.591. The molecule has 0 aromatic heterocycles. The van der Waals surface area contributed by atoms with E-state index >= 15 is 0 Å². The van der Waals surface area contributed by atoms with Crippen LogP contribution in [-0.4, -0.2) is 30.9 Å². The fraction of sp³-hybridized carbons (Fsp3) is 0.182. The SMILES string of the molecule is COc1c(-c2ccccc2)cc(Cc2ccc(F)cc2)c(OCO)c1OCO. The van der Waals surface area contributed by atoms with E-state index in [1.54, 1.807) is 12.1 Å². The summed E-state index contributed by atoms with van der Waals surface area (Å²) in [7, 11) is 1.49. The van der Waals surface area contributed by atoms with Gasteiger partial charge in [-0.05, 0) is 29.3 Å². The lowest BCUT2D eigenvalue weighted by Crippen LogP contribution is -2.07. The lowest BCUT2D eigenvalue weighted by atomic mass is 9.96. The third-order valence-electron chi connectivity index (χ3n) is 4.28. The van der Waals surface area contributed by atoms with E-state index in [0.717, 1.165) is 16.7 Å². The van der Waals surface area contributed by atoms with Gasteiger partial charge >= 0.3 is 0 Å². The summed E-state index contributed by atoms with van der Waals surface area (Å²) in [6, 6.07) is 17.6. The van der Waals surface area contributed by atoms with E-state index in [9.17, 15) is 14.6 Å². The number of aliphatic hydroxyl groups excluding tert-OH is 2. The zero-order valence-corrected chi connectivity index (χ0v) is 15.4. The normalized spacial score (nSPS) is 10.6. The molecule has 146 valence electrons. The van der Waals surface area contributed by atoms with Crippen LogP contribution in [-0.2, 0) is 6.42 Å². The van der Waals surface area contributed by atoms with Crippen molar-refractivity contribution in [3.05, 3.63) is 77.6 Å². The second kappa shape index (κ2) is 9.21. The van der Waals surface area contributed by atoms with Gasteiger partial charge in [-0.3, -0.25) is 0 Å². The standard InChI is InChI=1S/C22H21FO5/c1-26-21-19(16-5-3-2-4-6-16)12-17(11-15-7-9-18(23)10-8-15)20(27-13-24)22(21)28-14-25/h2-10,12,24-25H,11,13-14H2,1H3. The predicted molar refractivity (Wildman–Crippen MR) is 103 cm³/mol. The van der Waals surface area contributed by atoms with Crippen LogP contribution in [0.5, 0.6) is 17.2 Å². The third-order valence-corrected chi connectivity index (χ3v) is 4.28. The average molecular weight is 384 g/mol. The molecule has 0 aliphatic carbocycles. The summed E-state index contributed by atoms with van der Waals surface area (Å²) in [5.41, 5.74) is 3.18. The molecular formula is C22H21FO5. The van der Waals surface area contributed by atoms with E-state index in [4.69, 9.17) is 14.2 Å². The number of ether oxygens (including phenoxy) is 3. The van der Waals surface area contributed by atoms with Gasteiger partial charge < -0.3 is 24.4 Å². The first kappa shape index (κ1) is 19.7. The minimum Gasteiger partial charge on any atom is -0.492 e. The summed E-state index contributed by atoms with van der Waals surface area (Å²) in [6.45, 7) is -1.17. The highest BCUT2D eigenvalue weighted by Gasteiger charge is 2.23. The van der Waals surface area contributed by atoms with Crippen molar-refractivity contribution >= 4 is 0 Å². The van der Waals surface area contributed by atoms with Crippen LogP contribution in [0.4, 0.5) is 4.39 Å². The quantitative estimate of drug-likeness (QED) is 0.579. The van der Waals surface area contributed by atoms with E-state index in [1.165, 1.54) is 19.2 Å². The van der Waals surface area contributed by atoms with Crippen molar-refractivity contribution in [3.63, 3.8) is 0 Å². The lowest BCUT2D eigenvalue weighted by molar-refractivity contribution is 0.0716. The second-order valence-corrected chi connectivity index (χ2v) is 5.99.